The molecule has 2 heterocycles. The van der Waals surface area contributed by atoms with Crippen molar-refractivity contribution in [1.82, 2.24) is 5.32 Å². The summed E-state index contributed by atoms with van der Waals surface area (Å²) in [7, 11) is 0. The second-order valence-corrected chi connectivity index (χ2v) is 3.42. The Bertz CT molecular complexity index is 80.7. The molecule has 0 amide bonds. The second kappa shape index (κ2) is 2.30. The Hall–Kier alpha value is -0.0400. The van der Waals surface area contributed by atoms with E-state index in [4.69, 9.17) is 0 Å². The van der Waals surface area contributed by atoms with Crippen LogP contribution in [0.25, 0.3) is 0 Å². The van der Waals surface area contributed by atoms with E-state index in [0.29, 0.717) is 0 Å². The summed E-state index contributed by atoms with van der Waals surface area (Å²) in [5, 5.41) is 3.65. The van der Waals surface area contributed by atoms with E-state index in [1.807, 2.05) is 0 Å². The van der Waals surface area contributed by atoms with Crippen molar-refractivity contribution in [1.29, 1.82) is 0 Å². The number of piperidine rings is 2. The molecule has 2 aliphatic heterocycles. The van der Waals surface area contributed by atoms with Crippen LogP contribution in [0.2, 0.25) is 0 Å². The Labute approximate surface area is 56.8 Å². The molecule has 2 saturated heterocycles. The van der Waals surface area contributed by atoms with E-state index in [1.54, 1.807) is 0 Å². The van der Waals surface area contributed by atoms with Crippen LogP contribution in [0.5, 0.6) is 0 Å². The monoisotopic (exact) mass is 125 g/mol. The molecule has 0 radical (unpaired) electrons. The highest BCUT2D eigenvalue weighted by Crippen LogP contribution is 2.24. The van der Waals surface area contributed by atoms with Crippen molar-refractivity contribution in [3.8, 4) is 0 Å². The van der Waals surface area contributed by atoms with Crippen LogP contribution < -0.4 is 5.32 Å². The molecule has 2 bridgehead atoms. The Balaban J connectivity index is 1.96. The molecule has 0 aliphatic carbocycles. The number of hydrogen-bond acceptors (Lipinski definition) is 1. The zero-order valence-corrected chi connectivity index (χ0v) is 5.90. The van der Waals surface area contributed by atoms with Crippen LogP contribution in [0, 0.1) is 0 Å². The van der Waals surface area contributed by atoms with Crippen molar-refractivity contribution in [3.05, 3.63) is 0 Å². The molecular formula is C8H15N. The third kappa shape index (κ3) is 1.11. The molecule has 2 fully saturated rings. The van der Waals surface area contributed by atoms with Gasteiger partial charge in [0.1, 0.15) is 0 Å². The van der Waals surface area contributed by atoms with Gasteiger partial charge >= 0.3 is 0 Å². The van der Waals surface area contributed by atoms with Gasteiger partial charge in [0, 0.05) is 12.1 Å². The summed E-state index contributed by atoms with van der Waals surface area (Å²) in [6.45, 7) is 0. The summed E-state index contributed by atoms with van der Waals surface area (Å²) in [5.41, 5.74) is 0. The van der Waals surface area contributed by atoms with E-state index in [1.165, 1.54) is 38.5 Å². The van der Waals surface area contributed by atoms with Crippen LogP contribution in [-0.2, 0) is 0 Å². The molecule has 0 aromatic rings. The molecule has 0 aromatic carbocycles. The Morgan fingerprint density at radius 1 is 0.778 bits per heavy atom. The fraction of sp³-hybridized carbons (Fsp3) is 1.00. The predicted octanol–water partition coefficient (Wildman–Crippen LogP) is 1.68. The highest BCUT2D eigenvalue weighted by Gasteiger charge is 2.24. The molecule has 9 heavy (non-hydrogen) atoms. The number of hydrogen-bond donors (Lipinski definition) is 1. The maximum absolute atomic E-state index is 3.65. The normalized spacial score (nSPS) is 42.7. The summed E-state index contributed by atoms with van der Waals surface area (Å²) < 4.78 is 0. The molecule has 0 spiro atoms. The fourth-order valence-corrected chi connectivity index (χ4v) is 2.18. The van der Waals surface area contributed by atoms with Crippen LogP contribution in [-0.4, -0.2) is 12.1 Å². The summed E-state index contributed by atoms with van der Waals surface area (Å²) in [5.74, 6) is 0. The zero-order valence-electron chi connectivity index (χ0n) is 5.90. The van der Waals surface area contributed by atoms with Gasteiger partial charge in [0.05, 0.1) is 0 Å². The molecule has 0 atom stereocenters. The first kappa shape index (κ1) is 5.72. The van der Waals surface area contributed by atoms with Crippen LogP contribution in [0.3, 0.4) is 0 Å². The lowest BCUT2D eigenvalue weighted by Crippen LogP contribution is -2.45. The number of fused-ring (bicyclic) bond motifs is 2. The number of nitrogens with one attached hydrogen (secondary N) is 1. The van der Waals surface area contributed by atoms with E-state index in [-0.39, 0.29) is 0 Å². The third-order valence-electron chi connectivity index (χ3n) is 2.68. The van der Waals surface area contributed by atoms with Crippen molar-refractivity contribution in [2.45, 2.75) is 50.6 Å². The molecule has 0 aromatic heterocycles. The lowest BCUT2D eigenvalue weighted by Gasteiger charge is -2.35. The van der Waals surface area contributed by atoms with Crippen molar-refractivity contribution >= 4 is 0 Å². The number of rotatable bonds is 0. The second-order valence-electron chi connectivity index (χ2n) is 3.42. The maximum Gasteiger partial charge on any atom is 0.00696 e. The predicted molar refractivity (Wildman–Crippen MR) is 38.4 cm³/mol. The van der Waals surface area contributed by atoms with Crippen LogP contribution >= 0.6 is 0 Å². The van der Waals surface area contributed by atoms with E-state index < -0.39 is 0 Å². The Kier molecular flexibility index (Phi) is 1.46. The van der Waals surface area contributed by atoms with Gasteiger partial charge in [-0.3, -0.25) is 0 Å². The first-order chi connectivity index (χ1) is 4.45. The lowest BCUT2D eigenvalue weighted by molar-refractivity contribution is 0.243. The van der Waals surface area contributed by atoms with E-state index in [0.717, 1.165) is 12.1 Å². The fourth-order valence-electron chi connectivity index (χ4n) is 2.18. The largest absolute Gasteiger partial charge is 0.311 e. The summed E-state index contributed by atoms with van der Waals surface area (Å²) in [6, 6.07) is 1.80. The molecule has 0 saturated carbocycles. The zero-order chi connectivity index (χ0) is 6.10. The van der Waals surface area contributed by atoms with Gasteiger partial charge in [-0.25, -0.2) is 0 Å². The molecule has 0 unspecified atom stereocenters. The Morgan fingerprint density at radius 3 is 1.56 bits per heavy atom. The molecule has 1 nitrogen and oxygen atoms in total. The van der Waals surface area contributed by atoms with Crippen molar-refractivity contribution < 1.29 is 0 Å². The first-order valence-corrected chi connectivity index (χ1v) is 4.21. The maximum atomic E-state index is 3.65. The van der Waals surface area contributed by atoms with Gasteiger partial charge in [-0.2, -0.15) is 0 Å². The van der Waals surface area contributed by atoms with E-state index in [2.05, 4.69) is 5.32 Å². The van der Waals surface area contributed by atoms with Crippen molar-refractivity contribution in [3.63, 3.8) is 0 Å². The first-order valence-electron chi connectivity index (χ1n) is 4.21. The average molecular weight is 125 g/mol. The Morgan fingerprint density at radius 2 is 1.22 bits per heavy atom. The molecule has 52 valence electrons. The summed E-state index contributed by atoms with van der Waals surface area (Å²) >= 11 is 0. The van der Waals surface area contributed by atoms with Gasteiger partial charge in [0.2, 0.25) is 0 Å². The van der Waals surface area contributed by atoms with Gasteiger partial charge < -0.3 is 5.32 Å². The minimum atomic E-state index is 0.900. The quantitative estimate of drug-likeness (QED) is 0.519. The van der Waals surface area contributed by atoms with Gasteiger partial charge in [0.25, 0.3) is 0 Å². The van der Waals surface area contributed by atoms with Gasteiger partial charge in [-0.15, -0.1) is 0 Å². The molecular weight excluding hydrogens is 110 g/mol. The van der Waals surface area contributed by atoms with Gasteiger partial charge in [-0.1, -0.05) is 12.8 Å². The van der Waals surface area contributed by atoms with Gasteiger partial charge in [0.15, 0.2) is 0 Å². The van der Waals surface area contributed by atoms with Crippen LogP contribution in [0.15, 0.2) is 0 Å². The summed E-state index contributed by atoms with van der Waals surface area (Å²) in [6.07, 6.45) is 8.71. The molecule has 1 N–H and O–H groups in total. The summed E-state index contributed by atoms with van der Waals surface area (Å²) in [4.78, 5) is 0. The van der Waals surface area contributed by atoms with Crippen molar-refractivity contribution in [2.75, 3.05) is 0 Å². The minimum absolute atomic E-state index is 0.900. The SMILES string of the molecule is C1CC2CCCC(C1)N2. The van der Waals surface area contributed by atoms with Gasteiger partial charge in [-0.05, 0) is 25.7 Å². The van der Waals surface area contributed by atoms with E-state index in [9.17, 15) is 0 Å². The highest BCUT2D eigenvalue weighted by atomic mass is 15.0. The highest BCUT2D eigenvalue weighted by molar-refractivity contribution is 4.84. The third-order valence-corrected chi connectivity index (χ3v) is 2.68. The van der Waals surface area contributed by atoms with Crippen LogP contribution in [0.4, 0.5) is 0 Å². The molecule has 1 heteroatoms. The van der Waals surface area contributed by atoms with Crippen LogP contribution in [0.1, 0.15) is 38.5 Å². The lowest BCUT2D eigenvalue weighted by atomic mass is 9.87. The van der Waals surface area contributed by atoms with E-state index >= 15 is 0 Å². The molecule has 2 rings (SSSR count). The standard InChI is InChI=1S/C8H15N/c1-3-7-5-2-6-8(4-1)9-7/h7-9H,1-6H2. The minimum Gasteiger partial charge on any atom is -0.311 e. The van der Waals surface area contributed by atoms with Crippen molar-refractivity contribution in [2.24, 2.45) is 0 Å². The average Bonchev–Trinajstić information content (AvgIpc) is 1.88. The molecule has 2 aliphatic rings. The smallest absolute Gasteiger partial charge is 0.00696 e. The topological polar surface area (TPSA) is 12.0 Å².